The van der Waals surface area contributed by atoms with Crippen molar-refractivity contribution in [2.45, 2.75) is 39.2 Å². The second-order valence-corrected chi connectivity index (χ2v) is 5.47. The van der Waals surface area contributed by atoms with Crippen LogP contribution in [0.2, 0.25) is 0 Å². The largest absolute Gasteiger partial charge is 0.349 e. The first-order valence-corrected chi connectivity index (χ1v) is 6.26. The molecule has 18 heavy (non-hydrogen) atoms. The van der Waals surface area contributed by atoms with Gasteiger partial charge in [0.25, 0.3) is 5.91 Å². The highest BCUT2D eigenvalue weighted by Crippen LogP contribution is 2.37. The zero-order valence-electron chi connectivity index (χ0n) is 10.9. The van der Waals surface area contributed by atoms with Crippen LogP contribution in [0.15, 0.2) is 18.5 Å². The van der Waals surface area contributed by atoms with Crippen molar-refractivity contribution >= 4 is 11.6 Å². The monoisotopic (exact) mass is 248 g/mol. The maximum absolute atomic E-state index is 12.2. The molecule has 1 atom stereocenters. The molecule has 5 heteroatoms. The Morgan fingerprint density at radius 1 is 1.56 bits per heavy atom. The van der Waals surface area contributed by atoms with Gasteiger partial charge in [-0.3, -0.25) is 15.6 Å². The van der Waals surface area contributed by atoms with E-state index >= 15 is 0 Å². The van der Waals surface area contributed by atoms with E-state index in [2.05, 4.69) is 29.6 Å². The van der Waals surface area contributed by atoms with Gasteiger partial charge in [-0.15, -0.1) is 0 Å². The smallest absolute Gasteiger partial charge is 0.253 e. The van der Waals surface area contributed by atoms with E-state index in [0.717, 1.165) is 19.3 Å². The summed E-state index contributed by atoms with van der Waals surface area (Å²) in [4.78, 5) is 16.2. The second-order valence-electron chi connectivity index (χ2n) is 5.47. The van der Waals surface area contributed by atoms with Gasteiger partial charge in [0.1, 0.15) is 0 Å². The Labute approximate surface area is 107 Å². The Balaban J connectivity index is 2.13. The summed E-state index contributed by atoms with van der Waals surface area (Å²) >= 11 is 0. The summed E-state index contributed by atoms with van der Waals surface area (Å²) in [5.74, 6) is 5.29. The Bertz CT molecular complexity index is 444. The average Bonchev–Trinajstić information content (AvgIpc) is 2.68. The van der Waals surface area contributed by atoms with Gasteiger partial charge < -0.3 is 10.7 Å². The highest BCUT2D eigenvalue weighted by Gasteiger charge is 2.35. The van der Waals surface area contributed by atoms with Crippen molar-refractivity contribution in [3.63, 3.8) is 0 Å². The fraction of sp³-hybridized carbons (Fsp3) is 0.538. The first-order valence-electron chi connectivity index (χ1n) is 6.26. The first kappa shape index (κ1) is 12.8. The number of nitrogen functional groups attached to an aromatic ring is 1. The molecule has 0 bridgehead atoms. The maximum atomic E-state index is 12.2. The van der Waals surface area contributed by atoms with Gasteiger partial charge in [0.2, 0.25) is 0 Å². The lowest BCUT2D eigenvalue weighted by atomic mass is 9.87. The lowest BCUT2D eigenvalue weighted by Crippen LogP contribution is -2.41. The van der Waals surface area contributed by atoms with Crippen molar-refractivity contribution in [1.29, 1.82) is 0 Å². The van der Waals surface area contributed by atoms with Crippen LogP contribution in [0.3, 0.4) is 0 Å². The summed E-state index contributed by atoms with van der Waals surface area (Å²) < 4.78 is 0. The molecular weight excluding hydrogens is 228 g/mol. The summed E-state index contributed by atoms with van der Waals surface area (Å²) in [7, 11) is 0. The molecule has 1 aromatic rings. The average molecular weight is 248 g/mol. The second kappa shape index (κ2) is 4.94. The predicted octanol–water partition coefficient (Wildman–Crippen LogP) is 1.68. The number of carbonyl (C=O) groups is 1. The van der Waals surface area contributed by atoms with Crippen LogP contribution in [0, 0.1) is 5.41 Å². The Hall–Kier alpha value is -1.62. The molecule has 1 aliphatic carbocycles. The molecule has 1 aliphatic rings. The summed E-state index contributed by atoms with van der Waals surface area (Å²) in [5.41, 5.74) is 3.75. The Morgan fingerprint density at radius 3 is 2.94 bits per heavy atom. The lowest BCUT2D eigenvalue weighted by Gasteiger charge is -2.28. The normalized spacial score (nSPS) is 21.6. The fourth-order valence-electron chi connectivity index (χ4n) is 2.54. The number of nitrogens with one attached hydrogen (secondary N) is 2. The van der Waals surface area contributed by atoms with Crippen LogP contribution in [-0.4, -0.2) is 16.9 Å². The highest BCUT2D eigenvalue weighted by molar-refractivity contribution is 5.99. The lowest BCUT2D eigenvalue weighted by molar-refractivity contribution is 0.0910. The summed E-state index contributed by atoms with van der Waals surface area (Å²) in [5, 5.41) is 3.10. The number of hydrazine groups is 1. The number of rotatable bonds is 3. The standard InChI is InChI=1S/C13H20N4O/c1-13(2)6-3-4-11(13)16-12(18)9-5-7-15-8-10(9)17-14/h5,7-8,11,17H,3-4,6,14H2,1-2H3,(H,16,18). The van der Waals surface area contributed by atoms with Gasteiger partial charge in [-0.1, -0.05) is 20.3 Å². The molecule has 1 unspecified atom stereocenters. The Kier molecular flexibility index (Phi) is 3.52. The van der Waals surface area contributed by atoms with Crippen LogP contribution in [0.1, 0.15) is 43.5 Å². The third-order valence-electron chi connectivity index (χ3n) is 3.78. The van der Waals surface area contributed by atoms with Crippen molar-refractivity contribution in [1.82, 2.24) is 10.3 Å². The quantitative estimate of drug-likeness (QED) is 0.561. The highest BCUT2D eigenvalue weighted by atomic mass is 16.1. The molecule has 1 heterocycles. The third kappa shape index (κ3) is 2.46. The molecule has 2 rings (SSSR count). The molecule has 0 radical (unpaired) electrons. The number of aromatic nitrogens is 1. The summed E-state index contributed by atoms with van der Waals surface area (Å²) in [6.07, 6.45) is 6.49. The van der Waals surface area contributed by atoms with E-state index in [4.69, 9.17) is 5.84 Å². The number of hydrogen-bond donors (Lipinski definition) is 3. The van der Waals surface area contributed by atoms with Crippen LogP contribution in [0.4, 0.5) is 5.69 Å². The topological polar surface area (TPSA) is 80.0 Å². The third-order valence-corrected chi connectivity index (χ3v) is 3.78. The van der Waals surface area contributed by atoms with E-state index in [0.29, 0.717) is 11.3 Å². The van der Waals surface area contributed by atoms with Gasteiger partial charge in [0.05, 0.1) is 17.4 Å². The molecule has 0 saturated heterocycles. The minimum Gasteiger partial charge on any atom is -0.349 e. The van der Waals surface area contributed by atoms with Crippen molar-refractivity contribution in [3.8, 4) is 0 Å². The number of nitrogens with two attached hydrogens (primary N) is 1. The van der Waals surface area contributed by atoms with Gasteiger partial charge in [0.15, 0.2) is 0 Å². The van der Waals surface area contributed by atoms with Gasteiger partial charge in [-0.05, 0) is 24.3 Å². The summed E-state index contributed by atoms with van der Waals surface area (Å²) in [6, 6.07) is 1.90. The molecule has 1 fully saturated rings. The zero-order valence-corrected chi connectivity index (χ0v) is 10.9. The van der Waals surface area contributed by atoms with E-state index in [1.165, 1.54) is 0 Å². The molecule has 98 valence electrons. The van der Waals surface area contributed by atoms with Crippen molar-refractivity contribution < 1.29 is 4.79 Å². The number of anilines is 1. The van der Waals surface area contributed by atoms with Crippen LogP contribution >= 0.6 is 0 Å². The van der Waals surface area contributed by atoms with E-state index in [1.54, 1.807) is 18.5 Å². The number of nitrogens with zero attached hydrogens (tertiary/aromatic N) is 1. The van der Waals surface area contributed by atoms with Crippen molar-refractivity contribution in [3.05, 3.63) is 24.0 Å². The SMILES string of the molecule is CC1(C)CCCC1NC(=O)c1ccncc1NN. The zero-order chi connectivity index (χ0) is 13.2. The number of hydrogen-bond acceptors (Lipinski definition) is 4. The molecule has 1 aromatic heterocycles. The van der Waals surface area contributed by atoms with Crippen LogP contribution in [0.25, 0.3) is 0 Å². The molecule has 5 nitrogen and oxygen atoms in total. The van der Waals surface area contributed by atoms with Crippen LogP contribution < -0.4 is 16.6 Å². The molecule has 0 aromatic carbocycles. The van der Waals surface area contributed by atoms with E-state index in [9.17, 15) is 4.79 Å². The molecule has 0 spiro atoms. The number of amides is 1. The van der Waals surface area contributed by atoms with Crippen LogP contribution in [0.5, 0.6) is 0 Å². The van der Waals surface area contributed by atoms with Gasteiger partial charge in [-0.2, -0.15) is 0 Å². The minimum atomic E-state index is -0.0923. The van der Waals surface area contributed by atoms with Crippen LogP contribution in [-0.2, 0) is 0 Å². The molecule has 4 N–H and O–H groups in total. The Morgan fingerprint density at radius 2 is 2.33 bits per heavy atom. The molecule has 1 saturated carbocycles. The van der Waals surface area contributed by atoms with E-state index in [-0.39, 0.29) is 17.4 Å². The van der Waals surface area contributed by atoms with Crippen molar-refractivity contribution in [2.75, 3.05) is 5.43 Å². The molecule has 0 aliphatic heterocycles. The molecule has 1 amide bonds. The number of pyridine rings is 1. The maximum Gasteiger partial charge on any atom is 0.253 e. The van der Waals surface area contributed by atoms with Crippen molar-refractivity contribution in [2.24, 2.45) is 11.3 Å². The van der Waals surface area contributed by atoms with Gasteiger partial charge in [0, 0.05) is 12.2 Å². The minimum absolute atomic E-state index is 0.0923. The summed E-state index contributed by atoms with van der Waals surface area (Å²) in [6.45, 7) is 4.39. The predicted molar refractivity (Wildman–Crippen MR) is 70.9 cm³/mol. The fourth-order valence-corrected chi connectivity index (χ4v) is 2.54. The van der Waals surface area contributed by atoms with E-state index < -0.39 is 0 Å². The number of carbonyl (C=O) groups excluding carboxylic acids is 1. The van der Waals surface area contributed by atoms with Gasteiger partial charge in [-0.25, -0.2) is 0 Å². The van der Waals surface area contributed by atoms with Gasteiger partial charge >= 0.3 is 0 Å². The first-order chi connectivity index (χ1) is 8.54. The molecular formula is C13H20N4O. The van der Waals surface area contributed by atoms with E-state index in [1.807, 2.05) is 0 Å².